The smallest absolute Gasteiger partial charge is 0.135 e. The van der Waals surface area contributed by atoms with Crippen LogP contribution in [-0.4, -0.2) is 16.6 Å². The highest BCUT2D eigenvalue weighted by Crippen LogP contribution is 2.31. The monoisotopic (exact) mass is 333 g/mol. The van der Waals surface area contributed by atoms with Crippen LogP contribution in [0.25, 0.3) is 27.7 Å². The van der Waals surface area contributed by atoms with Gasteiger partial charge in [0.2, 0.25) is 0 Å². The number of nitrogens with zero attached hydrogens (tertiary/aromatic N) is 2. The van der Waals surface area contributed by atoms with E-state index in [0.29, 0.717) is 18.2 Å². The van der Waals surface area contributed by atoms with Gasteiger partial charge in [-0.2, -0.15) is 0 Å². The lowest BCUT2D eigenvalue weighted by molar-refractivity contribution is 0.271. The summed E-state index contributed by atoms with van der Waals surface area (Å²) in [4.78, 5) is 8.69. The first kappa shape index (κ1) is 17.0. The Morgan fingerprint density at radius 2 is 1.92 bits per heavy atom. The van der Waals surface area contributed by atoms with Gasteiger partial charge in [-0.3, -0.25) is 4.98 Å². The minimum absolute atomic E-state index is 0.443. The molecule has 2 heterocycles. The molecule has 0 bridgehead atoms. The maximum absolute atomic E-state index is 6.10. The van der Waals surface area contributed by atoms with Gasteiger partial charge in [-0.25, -0.2) is 4.98 Å². The summed E-state index contributed by atoms with van der Waals surface area (Å²) in [5, 5.41) is 2.00. The molecule has 3 aromatic rings. The summed E-state index contributed by atoms with van der Waals surface area (Å²) in [6.07, 6.45) is 5.74. The maximum atomic E-state index is 6.10. The van der Waals surface area contributed by atoms with Crippen molar-refractivity contribution in [2.75, 3.05) is 12.3 Å². The second-order valence-electron chi connectivity index (χ2n) is 6.13. The number of nitrogen functional groups attached to an aromatic ring is 1. The summed E-state index contributed by atoms with van der Waals surface area (Å²) in [5.41, 5.74) is 10.0. The summed E-state index contributed by atoms with van der Waals surface area (Å²) >= 11 is 0. The highest BCUT2D eigenvalue weighted by atomic mass is 16.5. The van der Waals surface area contributed by atoms with Crippen LogP contribution in [0.2, 0.25) is 0 Å². The number of unbranched alkanes of at least 4 members (excludes halogenated alkanes) is 1. The van der Waals surface area contributed by atoms with E-state index in [1.54, 1.807) is 6.20 Å². The quantitative estimate of drug-likeness (QED) is 0.511. The topological polar surface area (TPSA) is 61.0 Å². The molecular weight excluding hydrogens is 310 g/mol. The number of hydrogen-bond donors (Lipinski definition) is 1. The summed E-state index contributed by atoms with van der Waals surface area (Å²) in [6, 6.07) is 10.3. The van der Waals surface area contributed by atoms with E-state index in [0.717, 1.165) is 46.0 Å². The van der Waals surface area contributed by atoms with Gasteiger partial charge in [0.05, 0.1) is 12.2 Å². The van der Waals surface area contributed by atoms with Gasteiger partial charge in [0.15, 0.2) is 0 Å². The predicted molar refractivity (Wildman–Crippen MR) is 104 cm³/mol. The van der Waals surface area contributed by atoms with E-state index in [1.165, 1.54) is 0 Å². The molecule has 0 aliphatic heterocycles. The fourth-order valence-electron chi connectivity index (χ4n) is 2.76. The Balaban J connectivity index is 2.00. The Kier molecular flexibility index (Phi) is 4.98. The molecule has 0 unspecified atom stereocenters. The zero-order valence-electron chi connectivity index (χ0n) is 14.7. The van der Waals surface area contributed by atoms with E-state index in [1.807, 2.05) is 25.3 Å². The molecule has 1 aromatic carbocycles. The van der Waals surface area contributed by atoms with Crippen LogP contribution in [-0.2, 0) is 4.74 Å². The molecule has 0 spiro atoms. The van der Waals surface area contributed by atoms with E-state index in [-0.39, 0.29) is 0 Å². The number of rotatable bonds is 6. The van der Waals surface area contributed by atoms with Crippen LogP contribution in [0.15, 0.2) is 49.3 Å². The highest BCUT2D eigenvalue weighted by molar-refractivity contribution is 5.97. The number of benzene rings is 1. The standard InChI is InChI=1S/C21H23N3O/c1-4-5-10-25-15(3)20-19-9-8-16(11-18(19)13-24-21(20)22)17-7-6-14(2)23-12-17/h6-9,11-13H,3-5,10H2,1-2H3,(H2,22,24). The zero-order valence-corrected chi connectivity index (χ0v) is 14.7. The van der Waals surface area contributed by atoms with E-state index >= 15 is 0 Å². The number of fused-ring (bicyclic) bond motifs is 1. The average Bonchev–Trinajstić information content (AvgIpc) is 2.62. The van der Waals surface area contributed by atoms with E-state index in [4.69, 9.17) is 10.5 Å². The number of anilines is 1. The normalized spacial score (nSPS) is 10.8. The second kappa shape index (κ2) is 7.34. The summed E-state index contributed by atoms with van der Waals surface area (Å²) in [7, 11) is 0. The molecule has 0 atom stereocenters. The molecule has 25 heavy (non-hydrogen) atoms. The molecular formula is C21H23N3O. The number of aryl methyl sites for hydroxylation is 1. The van der Waals surface area contributed by atoms with E-state index in [2.05, 4.69) is 41.7 Å². The first-order chi connectivity index (χ1) is 12.1. The van der Waals surface area contributed by atoms with Crippen molar-refractivity contribution >= 4 is 22.3 Å². The highest BCUT2D eigenvalue weighted by Gasteiger charge is 2.12. The lowest BCUT2D eigenvalue weighted by atomic mass is 10.00. The molecule has 2 N–H and O–H groups in total. The number of pyridine rings is 2. The van der Waals surface area contributed by atoms with Gasteiger partial charge in [0.1, 0.15) is 11.6 Å². The zero-order chi connectivity index (χ0) is 17.8. The molecule has 4 nitrogen and oxygen atoms in total. The lowest BCUT2D eigenvalue weighted by Crippen LogP contribution is -2.01. The van der Waals surface area contributed by atoms with Crippen molar-refractivity contribution in [3.05, 3.63) is 60.6 Å². The Morgan fingerprint density at radius 1 is 1.12 bits per heavy atom. The van der Waals surface area contributed by atoms with E-state index in [9.17, 15) is 0 Å². The van der Waals surface area contributed by atoms with Gasteiger partial charge in [-0.05, 0) is 36.4 Å². The van der Waals surface area contributed by atoms with Crippen LogP contribution < -0.4 is 5.73 Å². The largest absolute Gasteiger partial charge is 0.493 e. The third-order valence-corrected chi connectivity index (χ3v) is 4.22. The molecule has 0 saturated carbocycles. The summed E-state index contributed by atoms with van der Waals surface area (Å²) in [6.45, 7) is 8.79. The number of aromatic nitrogens is 2. The van der Waals surface area contributed by atoms with Crippen molar-refractivity contribution in [1.82, 2.24) is 9.97 Å². The number of ether oxygens (including phenoxy) is 1. The van der Waals surface area contributed by atoms with Crippen molar-refractivity contribution in [2.24, 2.45) is 0 Å². The SMILES string of the molecule is C=C(OCCCC)c1c(N)ncc2cc(-c3ccc(C)nc3)ccc12. The van der Waals surface area contributed by atoms with Gasteiger partial charge in [-0.15, -0.1) is 0 Å². The predicted octanol–water partition coefficient (Wildman–Crippen LogP) is 4.97. The summed E-state index contributed by atoms with van der Waals surface area (Å²) in [5.74, 6) is 1.02. The second-order valence-corrected chi connectivity index (χ2v) is 6.13. The Bertz CT molecular complexity index is 901. The van der Waals surface area contributed by atoms with Crippen LogP contribution in [0.3, 0.4) is 0 Å². The minimum atomic E-state index is 0.443. The van der Waals surface area contributed by atoms with Crippen LogP contribution in [0.5, 0.6) is 0 Å². The fourth-order valence-corrected chi connectivity index (χ4v) is 2.76. The number of hydrogen-bond acceptors (Lipinski definition) is 4. The van der Waals surface area contributed by atoms with E-state index < -0.39 is 0 Å². The fraction of sp³-hybridized carbons (Fsp3) is 0.238. The van der Waals surface area contributed by atoms with Crippen LogP contribution in [0, 0.1) is 6.92 Å². The van der Waals surface area contributed by atoms with Crippen LogP contribution in [0.1, 0.15) is 31.0 Å². The van der Waals surface area contributed by atoms with Crippen LogP contribution >= 0.6 is 0 Å². The van der Waals surface area contributed by atoms with Crippen molar-refractivity contribution < 1.29 is 4.74 Å². The molecule has 0 radical (unpaired) electrons. The minimum Gasteiger partial charge on any atom is -0.493 e. The Morgan fingerprint density at radius 3 is 2.64 bits per heavy atom. The molecule has 0 aliphatic carbocycles. The van der Waals surface area contributed by atoms with Gasteiger partial charge in [0, 0.05) is 29.0 Å². The van der Waals surface area contributed by atoms with Crippen molar-refractivity contribution in [3.8, 4) is 11.1 Å². The van der Waals surface area contributed by atoms with Crippen molar-refractivity contribution in [2.45, 2.75) is 26.7 Å². The van der Waals surface area contributed by atoms with Crippen molar-refractivity contribution in [1.29, 1.82) is 0 Å². The molecule has 0 saturated heterocycles. The first-order valence-corrected chi connectivity index (χ1v) is 8.53. The Hall–Kier alpha value is -2.88. The molecule has 128 valence electrons. The van der Waals surface area contributed by atoms with Gasteiger partial charge in [-0.1, -0.05) is 38.1 Å². The lowest BCUT2D eigenvalue weighted by Gasteiger charge is -2.14. The molecule has 3 rings (SSSR count). The van der Waals surface area contributed by atoms with Gasteiger partial charge < -0.3 is 10.5 Å². The Labute approximate surface area is 148 Å². The third-order valence-electron chi connectivity index (χ3n) is 4.22. The average molecular weight is 333 g/mol. The van der Waals surface area contributed by atoms with Gasteiger partial charge >= 0.3 is 0 Å². The van der Waals surface area contributed by atoms with Crippen molar-refractivity contribution in [3.63, 3.8) is 0 Å². The number of nitrogens with two attached hydrogens (primary N) is 1. The first-order valence-electron chi connectivity index (χ1n) is 8.53. The van der Waals surface area contributed by atoms with Gasteiger partial charge in [0.25, 0.3) is 0 Å². The molecule has 4 heteroatoms. The maximum Gasteiger partial charge on any atom is 0.135 e. The molecule has 0 amide bonds. The van der Waals surface area contributed by atoms with Crippen LogP contribution in [0.4, 0.5) is 5.82 Å². The molecule has 0 fully saturated rings. The summed E-state index contributed by atoms with van der Waals surface area (Å²) < 4.78 is 5.76. The molecule has 2 aromatic heterocycles. The third kappa shape index (κ3) is 3.63. The molecule has 0 aliphatic rings.